The minimum absolute atomic E-state index is 0.915. The molecule has 0 aromatic heterocycles. The first-order chi connectivity index (χ1) is 10.8. The first-order valence-electron chi connectivity index (χ1n) is 9.04. The van der Waals surface area contributed by atoms with E-state index in [1.165, 1.54) is 75.5 Å². The number of hydrogen-bond donors (Lipinski definition) is 1. The Bertz CT molecular complexity index is 472. The van der Waals surface area contributed by atoms with Crippen LogP contribution in [0.5, 0.6) is 0 Å². The van der Waals surface area contributed by atoms with Crippen LogP contribution in [0.1, 0.15) is 30.9 Å². The van der Waals surface area contributed by atoms with Crippen molar-refractivity contribution in [2.75, 3.05) is 50.7 Å². The smallest absolute Gasteiger partial charge is 0.0399 e. The Kier molecular flexibility index (Phi) is 5.37. The molecular formula is C19H31N3. The van der Waals surface area contributed by atoms with Gasteiger partial charge in [0.15, 0.2) is 0 Å². The highest BCUT2D eigenvalue weighted by molar-refractivity contribution is 5.55. The molecule has 122 valence electrons. The van der Waals surface area contributed by atoms with Gasteiger partial charge in [0.25, 0.3) is 0 Å². The van der Waals surface area contributed by atoms with Crippen molar-refractivity contribution in [3.63, 3.8) is 0 Å². The third-order valence-corrected chi connectivity index (χ3v) is 5.30. The molecule has 0 unspecified atom stereocenters. The molecule has 1 N–H and O–H groups in total. The molecule has 0 spiro atoms. The maximum atomic E-state index is 3.47. The van der Waals surface area contributed by atoms with Gasteiger partial charge >= 0.3 is 0 Å². The van der Waals surface area contributed by atoms with Crippen LogP contribution in [0.4, 0.5) is 5.69 Å². The van der Waals surface area contributed by atoms with Crippen LogP contribution >= 0.6 is 0 Å². The summed E-state index contributed by atoms with van der Waals surface area (Å²) >= 11 is 0. The van der Waals surface area contributed by atoms with Crippen LogP contribution in [0.3, 0.4) is 0 Å². The third-order valence-electron chi connectivity index (χ3n) is 5.30. The molecule has 0 saturated carbocycles. The van der Waals surface area contributed by atoms with Gasteiger partial charge in [0.1, 0.15) is 0 Å². The second kappa shape index (κ2) is 7.47. The number of piperazine rings is 1. The fourth-order valence-corrected chi connectivity index (χ4v) is 3.91. The summed E-state index contributed by atoms with van der Waals surface area (Å²) < 4.78 is 0. The van der Waals surface area contributed by atoms with E-state index in [2.05, 4.69) is 47.2 Å². The molecule has 1 aromatic rings. The molecule has 22 heavy (non-hydrogen) atoms. The highest BCUT2D eigenvalue weighted by Crippen LogP contribution is 2.24. The Morgan fingerprint density at radius 2 is 1.82 bits per heavy atom. The van der Waals surface area contributed by atoms with E-state index in [0.717, 1.165) is 12.3 Å². The summed E-state index contributed by atoms with van der Waals surface area (Å²) in [5.41, 5.74) is 4.35. The predicted molar refractivity (Wildman–Crippen MR) is 94.8 cm³/mol. The van der Waals surface area contributed by atoms with E-state index >= 15 is 0 Å². The summed E-state index contributed by atoms with van der Waals surface area (Å²) in [6, 6.07) is 6.95. The largest absolute Gasteiger partial charge is 0.369 e. The zero-order valence-corrected chi connectivity index (χ0v) is 14.3. The number of nitrogens with one attached hydrogen (secondary N) is 1. The number of anilines is 1. The van der Waals surface area contributed by atoms with E-state index in [4.69, 9.17) is 0 Å². The average Bonchev–Trinajstić information content (AvgIpc) is 2.56. The second-order valence-electron chi connectivity index (χ2n) is 6.97. The first-order valence-corrected chi connectivity index (χ1v) is 9.04. The quantitative estimate of drug-likeness (QED) is 0.922. The number of hydrogen-bond acceptors (Lipinski definition) is 3. The molecule has 2 aliphatic heterocycles. The molecule has 3 nitrogen and oxygen atoms in total. The third kappa shape index (κ3) is 3.82. The van der Waals surface area contributed by atoms with Gasteiger partial charge in [-0.3, -0.25) is 4.90 Å². The lowest BCUT2D eigenvalue weighted by Crippen LogP contribution is -2.48. The van der Waals surface area contributed by atoms with Gasteiger partial charge in [0.2, 0.25) is 0 Å². The van der Waals surface area contributed by atoms with Gasteiger partial charge in [-0.1, -0.05) is 24.6 Å². The van der Waals surface area contributed by atoms with Crippen molar-refractivity contribution in [3.8, 4) is 0 Å². The van der Waals surface area contributed by atoms with Gasteiger partial charge in [-0.05, 0) is 56.8 Å². The van der Waals surface area contributed by atoms with Crippen molar-refractivity contribution in [1.82, 2.24) is 10.2 Å². The van der Waals surface area contributed by atoms with Crippen LogP contribution in [0.2, 0.25) is 0 Å². The summed E-state index contributed by atoms with van der Waals surface area (Å²) in [6.07, 6.45) is 3.85. The van der Waals surface area contributed by atoms with E-state index in [-0.39, 0.29) is 0 Å². The van der Waals surface area contributed by atoms with Crippen molar-refractivity contribution in [1.29, 1.82) is 0 Å². The van der Waals surface area contributed by atoms with Gasteiger partial charge in [-0.25, -0.2) is 0 Å². The summed E-state index contributed by atoms with van der Waals surface area (Å²) in [7, 11) is 0. The number of nitrogens with zero attached hydrogens (tertiary/aromatic N) is 2. The summed E-state index contributed by atoms with van der Waals surface area (Å²) in [5.74, 6) is 0.915. The molecule has 0 aliphatic carbocycles. The Morgan fingerprint density at radius 1 is 1.09 bits per heavy atom. The number of benzene rings is 1. The highest BCUT2D eigenvalue weighted by atomic mass is 15.3. The van der Waals surface area contributed by atoms with E-state index in [1.54, 1.807) is 0 Å². The van der Waals surface area contributed by atoms with E-state index in [1.807, 2.05) is 0 Å². The van der Waals surface area contributed by atoms with E-state index in [0.29, 0.717) is 0 Å². The zero-order valence-electron chi connectivity index (χ0n) is 14.3. The van der Waals surface area contributed by atoms with Crippen LogP contribution in [0, 0.1) is 12.8 Å². The van der Waals surface area contributed by atoms with Crippen molar-refractivity contribution in [2.45, 2.75) is 33.1 Å². The van der Waals surface area contributed by atoms with Crippen molar-refractivity contribution in [2.24, 2.45) is 5.92 Å². The van der Waals surface area contributed by atoms with E-state index < -0.39 is 0 Å². The van der Waals surface area contributed by atoms with Crippen molar-refractivity contribution >= 4 is 5.69 Å². The first kappa shape index (κ1) is 15.8. The maximum absolute atomic E-state index is 3.47. The Balaban J connectivity index is 1.55. The SMILES string of the molecule is CCc1cc(C)ccc1N1CCN(CC2CCNCC2)CC1. The molecule has 0 amide bonds. The fraction of sp³-hybridized carbons (Fsp3) is 0.684. The number of aryl methyl sites for hydroxylation is 2. The lowest BCUT2D eigenvalue weighted by Gasteiger charge is -2.39. The Morgan fingerprint density at radius 3 is 2.50 bits per heavy atom. The molecule has 2 heterocycles. The average molecular weight is 301 g/mol. The second-order valence-corrected chi connectivity index (χ2v) is 6.97. The van der Waals surface area contributed by atoms with E-state index in [9.17, 15) is 0 Å². The Hall–Kier alpha value is -1.06. The van der Waals surface area contributed by atoms with Gasteiger partial charge in [-0.15, -0.1) is 0 Å². The molecule has 0 bridgehead atoms. The van der Waals surface area contributed by atoms with Crippen LogP contribution in [0.25, 0.3) is 0 Å². The van der Waals surface area contributed by atoms with Crippen molar-refractivity contribution in [3.05, 3.63) is 29.3 Å². The minimum Gasteiger partial charge on any atom is -0.369 e. The number of piperidine rings is 1. The van der Waals surface area contributed by atoms with Crippen LogP contribution in [-0.4, -0.2) is 50.7 Å². The summed E-state index contributed by atoms with van der Waals surface area (Å²) in [5, 5.41) is 3.47. The van der Waals surface area contributed by atoms with Crippen LogP contribution in [0.15, 0.2) is 18.2 Å². The molecule has 2 fully saturated rings. The maximum Gasteiger partial charge on any atom is 0.0399 e. The molecule has 0 radical (unpaired) electrons. The highest BCUT2D eigenvalue weighted by Gasteiger charge is 2.22. The van der Waals surface area contributed by atoms with Gasteiger partial charge < -0.3 is 10.2 Å². The van der Waals surface area contributed by atoms with Crippen molar-refractivity contribution < 1.29 is 0 Å². The number of rotatable bonds is 4. The molecule has 2 aliphatic rings. The molecule has 3 rings (SSSR count). The topological polar surface area (TPSA) is 18.5 Å². The molecular weight excluding hydrogens is 270 g/mol. The van der Waals surface area contributed by atoms with Gasteiger partial charge in [0.05, 0.1) is 0 Å². The standard InChI is InChI=1S/C19H31N3/c1-3-18-14-16(2)4-5-19(18)22-12-10-21(11-13-22)15-17-6-8-20-9-7-17/h4-5,14,17,20H,3,6-13,15H2,1-2H3. The fourth-order valence-electron chi connectivity index (χ4n) is 3.91. The molecule has 1 aromatic carbocycles. The van der Waals surface area contributed by atoms with Crippen LogP contribution in [-0.2, 0) is 6.42 Å². The summed E-state index contributed by atoms with van der Waals surface area (Å²) in [6.45, 7) is 13.0. The van der Waals surface area contributed by atoms with Gasteiger partial charge in [-0.2, -0.15) is 0 Å². The summed E-state index contributed by atoms with van der Waals surface area (Å²) in [4.78, 5) is 5.28. The Labute approximate surface area is 135 Å². The van der Waals surface area contributed by atoms with Crippen LogP contribution < -0.4 is 10.2 Å². The predicted octanol–water partition coefficient (Wildman–Crippen LogP) is 2.68. The lowest BCUT2D eigenvalue weighted by molar-refractivity contribution is 0.196. The molecule has 3 heteroatoms. The van der Waals surface area contributed by atoms with Gasteiger partial charge in [0, 0.05) is 38.4 Å². The minimum atomic E-state index is 0.915. The molecule has 0 atom stereocenters. The molecule has 2 saturated heterocycles. The lowest BCUT2D eigenvalue weighted by atomic mass is 9.97. The zero-order chi connectivity index (χ0) is 15.4. The normalized spacial score (nSPS) is 21.3. The monoisotopic (exact) mass is 301 g/mol.